The SMILES string of the molecule is COCC(C)Oc1c(C)cccc1CN. The number of aryl methyl sites for hydroxylation is 1. The molecule has 15 heavy (non-hydrogen) atoms. The zero-order valence-corrected chi connectivity index (χ0v) is 9.62. The number of nitrogens with two attached hydrogens (primary N) is 1. The molecular formula is C12H19NO2. The van der Waals surface area contributed by atoms with Crippen molar-refractivity contribution < 1.29 is 9.47 Å². The normalized spacial score (nSPS) is 12.5. The predicted molar refractivity (Wildman–Crippen MR) is 61.0 cm³/mol. The first-order valence-electron chi connectivity index (χ1n) is 5.13. The van der Waals surface area contributed by atoms with Gasteiger partial charge in [0.2, 0.25) is 0 Å². The number of hydrogen-bond acceptors (Lipinski definition) is 3. The molecule has 0 aliphatic carbocycles. The molecule has 0 saturated carbocycles. The van der Waals surface area contributed by atoms with Crippen molar-refractivity contribution in [2.24, 2.45) is 5.73 Å². The minimum absolute atomic E-state index is 0.0430. The van der Waals surface area contributed by atoms with Crippen LogP contribution in [0.15, 0.2) is 18.2 Å². The summed E-state index contributed by atoms with van der Waals surface area (Å²) in [7, 11) is 1.67. The van der Waals surface area contributed by atoms with E-state index in [-0.39, 0.29) is 6.10 Å². The highest BCUT2D eigenvalue weighted by Gasteiger charge is 2.09. The molecule has 1 rings (SSSR count). The van der Waals surface area contributed by atoms with E-state index in [1.54, 1.807) is 7.11 Å². The van der Waals surface area contributed by atoms with Crippen molar-refractivity contribution in [2.45, 2.75) is 26.5 Å². The second kappa shape index (κ2) is 5.73. The summed E-state index contributed by atoms with van der Waals surface area (Å²) in [6.07, 6.45) is 0.0430. The molecule has 1 atom stereocenters. The molecule has 0 amide bonds. The highest BCUT2D eigenvalue weighted by atomic mass is 16.5. The summed E-state index contributed by atoms with van der Waals surface area (Å²) in [5.74, 6) is 0.893. The molecule has 0 saturated heterocycles. The molecule has 3 heteroatoms. The van der Waals surface area contributed by atoms with Gasteiger partial charge in [-0.05, 0) is 19.4 Å². The maximum Gasteiger partial charge on any atom is 0.127 e. The van der Waals surface area contributed by atoms with Gasteiger partial charge in [0, 0.05) is 19.2 Å². The Labute approximate surface area is 91.2 Å². The van der Waals surface area contributed by atoms with Gasteiger partial charge in [-0.2, -0.15) is 0 Å². The van der Waals surface area contributed by atoms with E-state index in [0.717, 1.165) is 16.9 Å². The first-order chi connectivity index (χ1) is 7.19. The standard InChI is InChI=1S/C12H19NO2/c1-9-5-4-6-11(7-13)12(9)15-10(2)8-14-3/h4-6,10H,7-8,13H2,1-3H3. The number of rotatable bonds is 5. The summed E-state index contributed by atoms with van der Waals surface area (Å²) in [4.78, 5) is 0. The third kappa shape index (κ3) is 3.22. The van der Waals surface area contributed by atoms with Crippen LogP contribution in [0.2, 0.25) is 0 Å². The molecule has 3 nitrogen and oxygen atoms in total. The molecule has 2 N–H and O–H groups in total. The van der Waals surface area contributed by atoms with Crippen molar-refractivity contribution in [1.82, 2.24) is 0 Å². The van der Waals surface area contributed by atoms with Crippen molar-refractivity contribution in [3.63, 3.8) is 0 Å². The molecular weight excluding hydrogens is 190 g/mol. The van der Waals surface area contributed by atoms with Crippen LogP contribution in [-0.4, -0.2) is 19.8 Å². The van der Waals surface area contributed by atoms with Gasteiger partial charge in [-0.25, -0.2) is 0 Å². The lowest BCUT2D eigenvalue weighted by Crippen LogP contribution is -2.19. The molecule has 0 fully saturated rings. The van der Waals surface area contributed by atoms with Crippen LogP contribution < -0.4 is 10.5 Å². The zero-order chi connectivity index (χ0) is 11.3. The van der Waals surface area contributed by atoms with Gasteiger partial charge in [0.05, 0.1) is 6.61 Å². The van der Waals surface area contributed by atoms with E-state index in [9.17, 15) is 0 Å². The molecule has 0 radical (unpaired) electrons. The van der Waals surface area contributed by atoms with Crippen LogP contribution in [0.3, 0.4) is 0 Å². The van der Waals surface area contributed by atoms with Crippen molar-refractivity contribution in [2.75, 3.05) is 13.7 Å². The van der Waals surface area contributed by atoms with E-state index in [4.69, 9.17) is 15.2 Å². The van der Waals surface area contributed by atoms with Crippen LogP contribution in [-0.2, 0) is 11.3 Å². The Morgan fingerprint density at radius 2 is 2.13 bits per heavy atom. The van der Waals surface area contributed by atoms with Gasteiger partial charge in [0.1, 0.15) is 11.9 Å². The second-order valence-electron chi connectivity index (χ2n) is 3.65. The third-order valence-corrected chi connectivity index (χ3v) is 2.23. The average molecular weight is 209 g/mol. The Bertz CT molecular complexity index is 312. The highest BCUT2D eigenvalue weighted by molar-refractivity contribution is 5.40. The second-order valence-corrected chi connectivity index (χ2v) is 3.65. The Morgan fingerprint density at radius 3 is 2.73 bits per heavy atom. The van der Waals surface area contributed by atoms with Crippen LogP contribution >= 0.6 is 0 Å². The number of benzene rings is 1. The summed E-state index contributed by atoms with van der Waals surface area (Å²) in [5.41, 5.74) is 7.81. The van der Waals surface area contributed by atoms with E-state index in [0.29, 0.717) is 13.2 Å². The third-order valence-electron chi connectivity index (χ3n) is 2.23. The largest absolute Gasteiger partial charge is 0.488 e. The summed E-state index contributed by atoms with van der Waals surface area (Å²) >= 11 is 0. The van der Waals surface area contributed by atoms with Crippen LogP contribution in [0.1, 0.15) is 18.1 Å². The van der Waals surface area contributed by atoms with Crippen LogP contribution in [0.5, 0.6) is 5.75 Å². The van der Waals surface area contributed by atoms with E-state index in [1.165, 1.54) is 0 Å². The lowest BCUT2D eigenvalue weighted by atomic mass is 10.1. The molecule has 84 valence electrons. The molecule has 1 aromatic carbocycles. The average Bonchev–Trinajstić information content (AvgIpc) is 2.21. The smallest absolute Gasteiger partial charge is 0.127 e. The van der Waals surface area contributed by atoms with Gasteiger partial charge in [-0.1, -0.05) is 18.2 Å². The lowest BCUT2D eigenvalue weighted by Gasteiger charge is -2.18. The van der Waals surface area contributed by atoms with Gasteiger partial charge in [-0.15, -0.1) is 0 Å². The highest BCUT2D eigenvalue weighted by Crippen LogP contribution is 2.24. The Morgan fingerprint density at radius 1 is 1.40 bits per heavy atom. The van der Waals surface area contributed by atoms with Gasteiger partial charge >= 0.3 is 0 Å². The Balaban J connectivity index is 2.82. The van der Waals surface area contributed by atoms with Gasteiger partial charge in [-0.3, -0.25) is 0 Å². The molecule has 1 aromatic rings. The molecule has 0 aliphatic heterocycles. The Kier molecular flexibility index (Phi) is 4.59. The summed E-state index contributed by atoms with van der Waals surface area (Å²) in [6.45, 7) is 5.08. The fourth-order valence-corrected chi connectivity index (χ4v) is 1.51. The first kappa shape index (κ1) is 12.0. The Hall–Kier alpha value is -1.06. The van der Waals surface area contributed by atoms with E-state index in [2.05, 4.69) is 0 Å². The monoisotopic (exact) mass is 209 g/mol. The molecule has 0 heterocycles. The minimum atomic E-state index is 0.0430. The summed E-state index contributed by atoms with van der Waals surface area (Å²) in [5, 5.41) is 0. The summed E-state index contributed by atoms with van der Waals surface area (Å²) < 4.78 is 10.8. The molecule has 1 unspecified atom stereocenters. The van der Waals surface area contributed by atoms with Crippen LogP contribution in [0.4, 0.5) is 0 Å². The van der Waals surface area contributed by atoms with Crippen LogP contribution in [0.25, 0.3) is 0 Å². The molecule has 0 aliphatic rings. The van der Waals surface area contributed by atoms with E-state index in [1.807, 2.05) is 32.0 Å². The van der Waals surface area contributed by atoms with Crippen molar-refractivity contribution in [1.29, 1.82) is 0 Å². The maximum atomic E-state index is 5.80. The topological polar surface area (TPSA) is 44.5 Å². The lowest BCUT2D eigenvalue weighted by molar-refractivity contribution is 0.0909. The number of ether oxygens (including phenoxy) is 2. The van der Waals surface area contributed by atoms with E-state index < -0.39 is 0 Å². The van der Waals surface area contributed by atoms with Crippen molar-refractivity contribution >= 4 is 0 Å². The number of hydrogen-bond donors (Lipinski definition) is 1. The number of para-hydroxylation sites is 1. The fourth-order valence-electron chi connectivity index (χ4n) is 1.51. The van der Waals surface area contributed by atoms with Gasteiger partial charge in [0.25, 0.3) is 0 Å². The number of methoxy groups -OCH3 is 1. The fraction of sp³-hybridized carbons (Fsp3) is 0.500. The minimum Gasteiger partial charge on any atom is -0.488 e. The molecule has 0 aromatic heterocycles. The predicted octanol–water partition coefficient (Wildman–Crippen LogP) is 1.87. The molecule has 0 bridgehead atoms. The van der Waals surface area contributed by atoms with Gasteiger partial charge < -0.3 is 15.2 Å². The maximum absolute atomic E-state index is 5.80. The van der Waals surface area contributed by atoms with Crippen LogP contribution in [0, 0.1) is 6.92 Å². The first-order valence-corrected chi connectivity index (χ1v) is 5.13. The van der Waals surface area contributed by atoms with Crippen molar-refractivity contribution in [3.8, 4) is 5.75 Å². The molecule has 0 spiro atoms. The zero-order valence-electron chi connectivity index (χ0n) is 9.62. The van der Waals surface area contributed by atoms with Crippen molar-refractivity contribution in [3.05, 3.63) is 29.3 Å². The van der Waals surface area contributed by atoms with Gasteiger partial charge in [0.15, 0.2) is 0 Å². The quantitative estimate of drug-likeness (QED) is 0.805. The summed E-state index contributed by atoms with van der Waals surface area (Å²) in [6, 6.07) is 6.00. The van der Waals surface area contributed by atoms with E-state index >= 15 is 0 Å².